The zero-order chi connectivity index (χ0) is 44.0. The molecule has 2 fully saturated rings. The molecule has 0 radical (unpaired) electrons. The number of piperazine rings is 1. The van der Waals surface area contributed by atoms with E-state index >= 15 is 0 Å². The van der Waals surface area contributed by atoms with Crippen LogP contribution in [0.1, 0.15) is 66.1 Å². The van der Waals surface area contributed by atoms with Gasteiger partial charge in [-0.2, -0.15) is 4.98 Å². The van der Waals surface area contributed by atoms with Gasteiger partial charge in [0.1, 0.15) is 25.0 Å². The van der Waals surface area contributed by atoms with Gasteiger partial charge >= 0.3 is 0 Å². The number of allylic oxidation sites excluding steroid dienone is 3. The van der Waals surface area contributed by atoms with Gasteiger partial charge in [-0.05, 0) is 87.4 Å². The lowest BCUT2D eigenvalue weighted by molar-refractivity contribution is -0.121. The van der Waals surface area contributed by atoms with Crippen molar-refractivity contribution in [2.24, 2.45) is 5.92 Å². The van der Waals surface area contributed by atoms with Crippen LogP contribution in [0.25, 0.3) is 0 Å². The van der Waals surface area contributed by atoms with Crippen molar-refractivity contribution in [3.8, 4) is 5.75 Å². The van der Waals surface area contributed by atoms with Gasteiger partial charge in [0.25, 0.3) is 5.91 Å². The Balaban J connectivity index is 0.876. The van der Waals surface area contributed by atoms with Gasteiger partial charge < -0.3 is 44.7 Å². The van der Waals surface area contributed by atoms with Crippen LogP contribution in [0.15, 0.2) is 65.8 Å². The average molecular weight is 886 g/mol. The number of hydrogen-bond acceptors (Lipinski definition) is 12. The van der Waals surface area contributed by atoms with Crippen LogP contribution in [-0.4, -0.2) is 128 Å². The number of benzene rings is 2. The third-order valence-corrected chi connectivity index (χ3v) is 14.9. The number of carbonyl (C=O) groups excluding carboxylic acids is 3. The third-order valence-electron chi connectivity index (χ3n) is 12.8. The maximum absolute atomic E-state index is 13.3. The summed E-state index contributed by atoms with van der Waals surface area (Å²) in [5, 5.41) is 10.2. The molecule has 2 aromatic carbocycles. The van der Waals surface area contributed by atoms with E-state index in [0.717, 1.165) is 111 Å². The smallest absolute Gasteiger partial charge is 0.255 e. The van der Waals surface area contributed by atoms with E-state index in [1.54, 1.807) is 38.6 Å². The minimum Gasteiger partial charge on any atom is -0.494 e. The Morgan fingerprint density at radius 3 is 2.53 bits per heavy atom. The van der Waals surface area contributed by atoms with E-state index in [1.807, 2.05) is 37.3 Å². The van der Waals surface area contributed by atoms with E-state index in [2.05, 4.69) is 53.8 Å². The Morgan fingerprint density at radius 1 is 1.06 bits per heavy atom. The van der Waals surface area contributed by atoms with Crippen LogP contribution < -0.4 is 25.6 Å². The molecule has 0 bridgehead atoms. The highest BCUT2D eigenvalue weighted by atomic mass is 35.5. The number of nitrogens with zero attached hydrogens (tertiary/aromatic N) is 6. The van der Waals surface area contributed by atoms with E-state index < -0.39 is 13.2 Å². The summed E-state index contributed by atoms with van der Waals surface area (Å²) in [7, 11) is 0.746. The van der Waals surface area contributed by atoms with Crippen molar-refractivity contribution >= 4 is 60.0 Å². The standard InChI is InChI=1S/C46H61ClN9O5P/c1-31-11-14-40(43(31)62(4,5)60)50-44-33(27-47)28-49-46(52-44)51-39-15-12-35(26-41(39)61-3)54-20-17-34(18-21-54)55-24-22-53(23-25-55)19-7-9-32-8-6-10-37-38(32)29-56(45(37)59)36(30-57)13-16-42(58)48-2/h6,8,10-12,14-15,26,28,30-31,34,36H,7,9,13,16-25,27,29H2,1-5H3,(H,48,58)(H2,49,50,51,52). The predicted molar refractivity (Wildman–Crippen MR) is 247 cm³/mol. The lowest BCUT2D eigenvalue weighted by atomic mass is 9.99. The maximum Gasteiger partial charge on any atom is 0.255 e. The summed E-state index contributed by atoms with van der Waals surface area (Å²) in [6.07, 6.45) is 11.1. The Bertz CT molecular complexity index is 2230. The molecule has 2 amide bonds. The number of aryl methyl sites for hydroxylation is 1. The highest BCUT2D eigenvalue weighted by Crippen LogP contribution is 2.54. The molecule has 3 N–H and O–H groups in total. The second-order valence-electron chi connectivity index (χ2n) is 17.1. The topological polar surface area (TPSA) is 152 Å². The Labute approximate surface area is 370 Å². The summed E-state index contributed by atoms with van der Waals surface area (Å²) in [6.45, 7) is 13.2. The number of aromatic nitrogens is 2. The van der Waals surface area contributed by atoms with Crippen LogP contribution in [0.5, 0.6) is 5.75 Å². The van der Waals surface area contributed by atoms with Crippen molar-refractivity contribution in [1.29, 1.82) is 0 Å². The largest absolute Gasteiger partial charge is 0.494 e. The van der Waals surface area contributed by atoms with Gasteiger partial charge in [-0.25, -0.2) is 4.98 Å². The van der Waals surface area contributed by atoms with Crippen LogP contribution in [0.3, 0.4) is 0 Å². The normalized spacial score (nSPS) is 19.2. The number of aldehydes is 1. The molecule has 0 saturated carbocycles. The molecule has 4 heterocycles. The number of anilines is 4. The first-order valence-corrected chi connectivity index (χ1v) is 24.9. The number of amides is 2. The number of alkyl halides is 1. The first-order chi connectivity index (χ1) is 29.9. The van der Waals surface area contributed by atoms with E-state index in [4.69, 9.17) is 21.3 Å². The minimum absolute atomic E-state index is 0.0808. The fourth-order valence-corrected chi connectivity index (χ4v) is 11.4. The molecule has 14 nitrogen and oxygen atoms in total. The Morgan fingerprint density at radius 2 is 1.84 bits per heavy atom. The molecule has 2 unspecified atom stereocenters. The molecule has 1 aromatic heterocycles. The molecular formula is C46H61ClN9O5P. The monoisotopic (exact) mass is 885 g/mol. The van der Waals surface area contributed by atoms with E-state index in [9.17, 15) is 18.9 Å². The van der Waals surface area contributed by atoms with Crippen molar-refractivity contribution in [1.82, 2.24) is 30.0 Å². The number of carbonyl (C=O) groups is 3. The molecule has 16 heteroatoms. The maximum atomic E-state index is 13.3. The molecule has 0 spiro atoms. The number of methoxy groups -OCH3 is 1. The average Bonchev–Trinajstić information content (AvgIpc) is 3.83. The van der Waals surface area contributed by atoms with Gasteiger partial charge in [0.05, 0.1) is 24.7 Å². The van der Waals surface area contributed by atoms with Crippen molar-refractivity contribution in [2.75, 3.05) is 88.8 Å². The lowest BCUT2D eigenvalue weighted by Crippen LogP contribution is -2.53. The van der Waals surface area contributed by atoms with Gasteiger partial charge in [-0.15, -0.1) is 11.6 Å². The fourth-order valence-electron chi connectivity index (χ4n) is 9.41. The molecule has 7 rings (SSSR count). The Hall–Kier alpha value is -4.75. The zero-order valence-electron chi connectivity index (χ0n) is 36.7. The van der Waals surface area contributed by atoms with E-state index in [0.29, 0.717) is 42.1 Å². The number of hydrogen-bond donors (Lipinski definition) is 3. The Kier molecular flexibility index (Phi) is 14.7. The quantitative estimate of drug-likeness (QED) is 0.0710. The number of halogens is 1. The molecule has 332 valence electrons. The van der Waals surface area contributed by atoms with Gasteiger partial charge in [0.2, 0.25) is 11.9 Å². The third kappa shape index (κ3) is 10.4. The van der Waals surface area contributed by atoms with Crippen LogP contribution in [0, 0.1) is 5.92 Å². The van der Waals surface area contributed by atoms with Crippen LogP contribution in [0.4, 0.5) is 23.1 Å². The van der Waals surface area contributed by atoms with Crippen LogP contribution in [-0.2, 0) is 33.0 Å². The number of nitrogens with one attached hydrogen (secondary N) is 3. The van der Waals surface area contributed by atoms with Crippen molar-refractivity contribution in [3.63, 3.8) is 0 Å². The first-order valence-electron chi connectivity index (χ1n) is 21.8. The van der Waals surface area contributed by atoms with Gasteiger partial charge in [0.15, 0.2) is 0 Å². The summed E-state index contributed by atoms with van der Waals surface area (Å²) >= 11 is 6.28. The predicted octanol–water partition coefficient (Wildman–Crippen LogP) is 6.69. The summed E-state index contributed by atoms with van der Waals surface area (Å²) in [6, 6.07) is 12.1. The summed E-state index contributed by atoms with van der Waals surface area (Å²) in [5.74, 6) is 1.71. The SMILES string of the molecule is CNC(=O)CCC(C=O)N1Cc2c(CCCN3CCN(C4CCN(c5ccc(Nc6ncc(CCl)c(NC7=C(P(C)(C)=O)C(C)C=C7)n6)c(OC)c5)CC4)CC3)cccc2C1=O. The van der Waals surface area contributed by atoms with E-state index in [1.165, 1.54) is 5.56 Å². The number of fused-ring (bicyclic) bond motifs is 1. The number of ether oxygens (including phenoxy) is 1. The van der Waals surface area contributed by atoms with Gasteiger partial charge in [-0.1, -0.05) is 25.1 Å². The number of rotatable bonds is 18. The van der Waals surface area contributed by atoms with Crippen molar-refractivity contribution in [2.45, 2.75) is 70.0 Å². The molecule has 2 atom stereocenters. The molecule has 1 aliphatic carbocycles. The van der Waals surface area contributed by atoms with Crippen molar-refractivity contribution < 1.29 is 23.7 Å². The minimum atomic E-state index is -2.50. The molecular weight excluding hydrogens is 825 g/mol. The van der Waals surface area contributed by atoms with Gasteiger partial charge in [0, 0.05) is 111 Å². The second-order valence-corrected chi connectivity index (χ2v) is 20.6. The highest BCUT2D eigenvalue weighted by molar-refractivity contribution is 7.66. The fraction of sp³-hybridized carbons (Fsp3) is 0.500. The zero-order valence-corrected chi connectivity index (χ0v) is 38.3. The molecule has 4 aliphatic rings. The number of piperidine rings is 1. The molecule has 3 aromatic rings. The highest BCUT2D eigenvalue weighted by Gasteiger charge is 2.34. The molecule has 62 heavy (non-hydrogen) atoms. The second kappa shape index (κ2) is 20.2. The summed E-state index contributed by atoms with van der Waals surface area (Å²) < 4.78 is 18.9. The van der Waals surface area contributed by atoms with Crippen LogP contribution >= 0.6 is 18.7 Å². The summed E-state index contributed by atoms with van der Waals surface area (Å²) in [4.78, 5) is 55.6. The molecule has 2 saturated heterocycles. The summed E-state index contributed by atoms with van der Waals surface area (Å²) in [5.41, 5.74) is 6.28. The van der Waals surface area contributed by atoms with Gasteiger partial charge in [-0.3, -0.25) is 14.5 Å². The van der Waals surface area contributed by atoms with E-state index in [-0.39, 0.29) is 30.0 Å². The van der Waals surface area contributed by atoms with Crippen LogP contribution in [0.2, 0.25) is 0 Å². The van der Waals surface area contributed by atoms with Crippen molar-refractivity contribution in [3.05, 3.63) is 88.0 Å². The lowest BCUT2D eigenvalue weighted by Gasteiger charge is -2.43. The molecule has 3 aliphatic heterocycles. The first kappa shape index (κ1) is 45.3.